The Balaban J connectivity index is 5.98. The fraction of sp³-hybridized carbons (Fsp3) is 0.750. The summed E-state index contributed by atoms with van der Waals surface area (Å²) in [7, 11) is -6.67. The van der Waals surface area contributed by atoms with E-state index in [1.54, 1.807) is 5.32 Å². The fourth-order valence-corrected chi connectivity index (χ4v) is 2.54. The van der Waals surface area contributed by atoms with E-state index in [9.17, 15) is 61.9 Å². The standard InChI is InChI=1S/C16H19F10NO7S/c1-3-4-7-27-11(29)13(15(22,23)24,34-10(28)9(2)14(19,20)21)33-8-5-6-12(17,18)16(25,26)35(30,31)32/h2-8H2,1H3,(H,27,29)(H,30,31,32). The third kappa shape index (κ3) is 7.92. The highest BCUT2D eigenvalue weighted by Gasteiger charge is 2.68. The van der Waals surface area contributed by atoms with Crippen LogP contribution in [0.2, 0.25) is 0 Å². The van der Waals surface area contributed by atoms with Crippen molar-refractivity contribution < 1.29 is 75.9 Å². The highest BCUT2D eigenvalue weighted by molar-refractivity contribution is 7.87. The van der Waals surface area contributed by atoms with E-state index in [1.807, 2.05) is 0 Å². The van der Waals surface area contributed by atoms with E-state index in [4.69, 9.17) is 4.55 Å². The summed E-state index contributed by atoms with van der Waals surface area (Å²) in [6.07, 6.45) is -15.3. The molecule has 0 saturated heterocycles. The molecule has 1 unspecified atom stereocenters. The van der Waals surface area contributed by atoms with Crippen LogP contribution in [0.5, 0.6) is 0 Å². The van der Waals surface area contributed by atoms with Crippen molar-refractivity contribution >= 4 is 22.0 Å². The zero-order valence-electron chi connectivity index (χ0n) is 17.5. The molecule has 0 fully saturated rings. The molecule has 0 heterocycles. The summed E-state index contributed by atoms with van der Waals surface area (Å²) in [6, 6.07) is 0. The number of nitrogens with one attached hydrogen (secondary N) is 1. The maximum Gasteiger partial charge on any atom is 0.466 e. The smallest absolute Gasteiger partial charge is 0.412 e. The van der Waals surface area contributed by atoms with Crippen LogP contribution >= 0.6 is 0 Å². The van der Waals surface area contributed by atoms with Gasteiger partial charge in [0.1, 0.15) is 5.57 Å². The third-order valence-electron chi connectivity index (χ3n) is 4.00. The van der Waals surface area contributed by atoms with E-state index < -0.39 is 82.9 Å². The third-order valence-corrected chi connectivity index (χ3v) is 4.95. The monoisotopic (exact) mass is 559 g/mol. The quantitative estimate of drug-likeness (QED) is 0.0882. The molecule has 0 aromatic carbocycles. The second-order valence-electron chi connectivity index (χ2n) is 6.74. The molecule has 35 heavy (non-hydrogen) atoms. The topological polar surface area (TPSA) is 119 Å². The lowest BCUT2D eigenvalue weighted by Gasteiger charge is -2.33. The van der Waals surface area contributed by atoms with Gasteiger partial charge >= 0.3 is 51.3 Å². The van der Waals surface area contributed by atoms with Crippen molar-refractivity contribution in [2.75, 3.05) is 13.2 Å². The van der Waals surface area contributed by atoms with Gasteiger partial charge in [0.25, 0.3) is 0 Å². The summed E-state index contributed by atoms with van der Waals surface area (Å²) >= 11 is 0. The van der Waals surface area contributed by atoms with Gasteiger partial charge in [-0.05, 0) is 12.8 Å². The number of unbranched alkanes of at least 4 members (excludes halogenated alkanes) is 1. The molecule has 0 aliphatic rings. The maximum absolute atomic E-state index is 13.7. The molecule has 19 heteroatoms. The number of hydrogen-bond donors (Lipinski definition) is 2. The molecule has 0 radical (unpaired) electrons. The van der Waals surface area contributed by atoms with E-state index in [0.717, 1.165) is 0 Å². The number of rotatable bonds is 13. The average Bonchev–Trinajstić information content (AvgIpc) is 2.66. The molecule has 0 aliphatic carbocycles. The van der Waals surface area contributed by atoms with Crippen LogP contribution in [0.1, 0.15) is 32.6 Å². The molecule has 0 bridgehead atoms. The molecule has 0 saturated carbocycles. The first-order valence-corrected chi connectivity index (χ1v) is 10.6. The fourth-order valence-electron chi connectivity index (χ4n) is 2.06. The molecule has 206 valence electrons. The summed E-state index contributed by atoms with van der Waals surface area (Å²) < 4.78 is 169. The van der Waals surface area contributed by atoms with Gasteiger partial charge in [0, 0.05) is 13.0 Å². The Morgan fingerprint density at radius 3 is 1.89 bits per heavy atom. The highest BCUT2D eigenvalue weighted by atomic mass is 32.2. The SMILES string of the molecule is C=C(C(=O)OC(OCCCC(F)(F)C(F)(F)S(=O)(=O)O)(C(=O)NCCCC)C(F)(F)F)C(F)(F)F. The summed E-state index contributed by atoms with van der Waals surface area (Å²) in [5.74, 6) is -15.6. The van der Waals surface area contributed by atoms with Gasteiger partial charge in [0.2, 0.25) is 0 Å². The van der Waals surface area contributed by atoms with Gasteiger partial charge in [0.05, 0.1) is 6.61 Å². The Kier molecular flexibility index (Phi) is 10.6. The van der Waals surface area contributed by atoms with Gasteiger partial charge in [-0.15, -0.1) is 0 Å². The van der Waals surface area contributed by atoms with Crippen LogP contribution in [0.4, 0.5) is 43.9 Å². The molecule has 1 atom stereocenters. The van der Waals surface area contributed by atoms with Crippen molar-refractivity contribution in [3.63, 3.8) is 0 Å². The van der Waals surface area contributed by atoms with Gasteiger partial charge in [-0.2, -0.15) is 52.3 Å². The number of ether oxygens (including phenoxy) is 2. The summed E-state index contributed by atoms with van der Waals surface area (Å²) in [4.78, 5) is 23.8. The van der Waals surface area contributed by atoms with E-state index in [0.29, 0.717) is 6.42 Å². The minimum Gasteiger partial charge on any atom is -0.412 e. The molecule has 0 aromatic rings. The van der Waals surface area contributed by atoms with Crippen molar-refractivity contribution in [3.05, 3.63) is 12.2 Å². The van der Waals surface area contributed by atoms with Crippen molar-refractivity contribution in [2.24, 2.45) is 0 Å². The van der Waals surface area contributed by atoms with Crippen LogP contribution in [0, 0.1) is 0 Å². The number of esters is 1. The van der Waals surface area contributed by atoms with Crippen LogP contribution in [0.15, 0.2) is 12.2 Å². The number of hydrogen-bond acceptors (Lipinski definition) is 6. The molecule has 0 spiro atoms. The second-order valence-corrected chi connectivity index (χ2v) is 8.20. The molecule has 0 aliphatic heterocycles. The molecule has 0 aromatic heterocycles. The molecular weight excluding hydrogens is 540 g/mol. The van der Waals surface area contributed by atoms with E-state index in [2.05, 4.69) is 16.1 Å². The maximum atomic E-state index is 13.7. The largest absolute Gasteiger partial charge is 0.466 e. The molecule has 1 amide bonds. The first-order chi connectivity index (χ1) is 15.5. The van der Waals surface area contributed by atoms with Gasteiger partial charge in [0.15, 0.2) is 0 Å². The van der Waals surface area contributed by atoms with Crippen LogP contribution in [0.3, 0.4) is 0 Å². The van der Waals surface area contributed by atoms with Crippen molar-refractivity contribution in [2.45, 2.75) is 61.9 Å². The van der Waals surface area contributed by atoms with Crippen LogP contribution in [0.25, 0.3) is 0 Å². The summed E-state index contributed by atoms with van der Waals surface area (Å²) in [6.45, 7) is 1.39. The van der Waals surface area contributed by atoms with E-state index in [1.165, 1.54) is 6.92 Å². The number of halogens is 10. The van der Waals surface area contributed by atoms with Crippen molar-refractivity contribution in [3.8, 4) is 0 Å². The molecule has 2 N–H and O–H groups in total. The first-order valence-electron chi connectivity index (χ1n) is 9.19. The zero-order chi connectivity index (χ0) is 28.1. The Morgan fingerprint density at radius 2 is 1.49 bits per heavy atom. The van der Waals surface area contributed by atoms with Crippen LogP contribution in [-0.4, -0.2) is 67.3 Å². The Bertz CT molecular complexity index is 886. The minimum atomic E-state index is -6.67. The average molecular weight is 559 g/mol. The highest BCUT2D eigenvalue weighted by Crippen LogP contribution is 2.42. The van der Waals surface area contributed by atoms with Gasteiger partial charge in [-0.1, -0.05) is 19.9 Å². The first kappa shape index (κ1) is 32.8. The van der Waals surface area contributed by atoms with E-state index in [-0.39, 0.29) is 6.42 Å². The van der Waals surface area contributed by atoms with Gasteiger partial charge in [-0.3, -0.25) is 9.35 Å². The predicted octanol–water partition coefficient (Wildman–Crippen LogP) is 3.74. The lowest BCUT2D eigenvalue weighted by molar-refractivity contribution is -0.348. The molecular formula is C16H19F10NO7S. The Hall–Kier alpha value is -2.15. The minimum absolute atomic E-state index is 0.0276. The predicted molar refractivity (Wildman–Crippen MR) is 94.6 cm³/mol. The Labute approximate surface area is 191 Å². The lowest BCUT2D eigenvalue weighted by atomic mass is 10.2. The number of carbonyl (C=O) groups excluding carboxylic acids is 2. The zero-order valence-corrected chi connectivity index (χ0v) is 18.4. The van der Waals surface area contributed by atoms with Gasteiger partial charge in [-0.25, -0.2) is 4.79 Å². The molecule has 8 nitrogen and oxygen atoms in total. The van der Waals surface area contributed by atoms with Crippen molar-refractivity contribution in [1.82, 2.24) is 5.32 Å². The van der Waals surface area contributed by atoms with Crippen LogP contribution < -0.4 is 5.32 Å². The van der Waals surface area contributed by atoms with E-state index >= 15 is 0 Å². The number of alkyl halides is 10. The Morgan fingerprint density at radius 1 is 0.971 bits per heavy atom. The normalized spacial score (nSPS) is 15.3. The van der Waals surface area contributed by atoms with Crippen molar-refractivity contribution in [1.29, 1.82) is 0 Å². The second kappa shape index (κ2) is 11.3. The summed E-state index contributed by atoms with van der Waals surface area (Å²) in [5.41, 5.74) is -2.50. The van der Waals surface area contributed by atoms with Gasteiger partial charge < -0.3 is 14.8 Å². The summed E-state index contributed by atoms with van der Waals surface area (Å²) in [5, 5.41) is -4.51. The van der Waals surface area contributed by atoms with Crippen LogP contribution in [-0.2, 0) is 29.2 Å². The number of carbonyl (C=O) groups is 2. The lowest BCUT2D eigenvalue weighted by Crippen LogP contribution is -2.62. The number of amides is 1. The molecule has 0 rings (SSSR count).